The summed E-state index contributed by atoms with van der Waals surface area (Å²) in [5.41, 5.74) is -0.340. The van der Waals surface area contributed by atoms with Gasteiger partial charge in [0.1, 0.15) is 17.3 Å². The topological polar surface area (TPSA) is 73.7 Å². The summed E-state index contributed by atoms with van der Waals surface area (Å²) in [7, 11) is 0. The average molecular weight is 637 g/mol. The summed E-state index contributed by atoms with van der Waals surface area (Å²) in [4.78, 5) is 27.0. The van der Waals surface area contributed by atoms with Gasteiger partial charge in [-0.25, -0.2) is 22.5 Å². The van der Waals surface area contributed by atoms with Gasteiger partial charge in [0.2, 0.25) is 0 Å². The summed E-state index contributed by atoms with van der Waals surface area (Å²) in [6.07, 6.45) is 6.51. The smallest absolute Gasteiger partial charge is 0.387 e. The second-order valence-electron chi connectivity index (χ2n) is 8.92. The van der Waals surface area contributed by atoms with E-state index in [0.29, 0.717) is 16.0 Å². The highest BCUT2D eigenvalue weighted by Gasteiger charge is 2.23. The summed E-state index contributed by atoms with van der Waals surface area (Å²) in [6.45, 7) is -6.82. The SMILES string of the molecule is O=C(/C=C/c1ccc(OC(F)F)cc1)N(C(=O)/C=C/c1ccc(OC(F)F)cc1)c1cnn(Cc2c(F)cc(F)c(F)c2F)c1. The molecule has 0 radical (unpaired) electrons. The number of nitrogens with zero attached hydrogens (tertiary/aromatic N) is 3. The summed E-state index contributed by atoms with van der Waals surface area (Å²) in [5.74, 6) is -8.96. The number of anilines is 1. The Morgan fingerprint density at radius 3 is 1.71 bits per heavy atom. The fraction of sp³-hybridized carbons (Fsp3) is 0.100. The monoisotopic (exact) mass is 637 g/mol. The molecule has 0 saturated heterocycles. The van der Waals surface area contributed by atoms with E-state index in [1.165, 1.54) is 60.7 Å². The first-order valence-electron chi connectivity index (χ1n) is 12.6. The quantitative estimate of drug-likeness (QED) is 0.0769. The standard InChI is InChI=1S/C30H19F8N3O4/c31-23-13-24(32)28(34)27(33)22(23)16-40-15-19(14-39-40)41(25(42)11-5-17-1-7-20(8-2-17)44-29(35)36)26(43)12-6-18-3-9-21(10-4-18)45-30(37)38/h1-15,29-30H,16H2/b11-5+,12-6+. The van der Waals surface area contributed by atoms with Crippen molar-refractivity contribution in [3.63, 3.8) is 0 Å². The minimum atomic E-state index is -3.04. The van der Waals surface area contributed by atoms with Crippen molar-refractivity contribution < 1.29 is 54.2 Å². The van der Waals surface area contributed by atoms with Gasteiger partial charge >= 0.3 is 13.2 Å². The maximum atomic E-state index is 14.2. The van der Waals surface area contributed by atoms with E-state index in [0.717, 1.165) is 29.2 Å². The molecule has 0 fully saturated rings. The zero-order valence-electron chi connectivity index (χ0n) is 22.5. The Morgan fingerprint density at radius 2 is 1.24 bits per heavy atom. The van der Waals surface area contributed by atoms with Crippen molar-refractivity contribution in [3.8, 4) is 11.5 Å². The van der Waals surface area contributed by atoms with Gasteiger partial charge in [0.25, 0.3) is 11.8 Å². The lowest BCUT2D eigenvalue weighted by Crippen LogP contribution is -2.34. The van der Waals surface area contributed by atoms with E-state index in [2.05, 4.69) is 14.6 Å². The molecule has 0 aliphatic heterocycles. The number of carbonyl (C=O) groups excluding carboxylic acids is 2. The molecule has 234 valence electrons. The minimum Gasteiger partial charge on any atom is -0.435 e. The second kappa shape index (κ2) is 14.3. The summed E-state index contributed by atoms with van der Waals surface area (Å²) < 4.78 is 114. The van der Waals surface area contributed by atoms with E-state index in [4.69, 9.17) is 0 Å². The molecule has 1 aromatic heterocycles. The molecule has 0 atom stereocenters. The molecule has 0 aliphatic rings. The lowest BCUT2D eigenvalue weighted by Gasteiger charge is -2.15. The van der Waals surface area contributed by atoms with Gasteiger partial charge in [0.15, 0.2) is 17.5 Å². The van der Waals surface area contributed by atoms with Gasteiger partial charge in [-0.05, 0) is 47.5 Å². The van der Waals surface area contributed by atoms with E-state index in [-0.39, 0.29) is 23.3 Å². The van der Waals surface area contributed by atoms with Crippen molar-refractivity contribution in [2.45, 2.75) is 19.8 Å². The Hall–Kier alpha value is -5.47. The molecule has 0 saturated carbocycles. The number of hydrogen-bond donors (Lipinski definition) is 0. The fourth-order valence-corrected chi connectivity index (χ4v) is 3.83. The molecule has 0 N–H and O–H groups in total. The highest BCUT2D eigenvalue weighted by atomic mass is 19.3. The van der Waals surface area contributed by atoms with Gasteiger partial charge in [-0.3, -0.25) is 14.3 Å². The molecule has 7 nitrogen and oxygen atoms in total. The highest BCUT2D eigenvalue weighted by molar-refractivity contribution is 6.23. The van der Waals surface area contributed by atoms with Crippen LogP contribution in [0.3, 0.4) is 0 Å². The van der Waals surface area contributed by atoms with Crippen LogP contribution in [-0.2, 0) is 16.1 Å². The molecule has 0 bridgehead atoms. The molecule has 0 aliphatic carbocycles. The predicted molar refractivity (Wildman–Crippen MR) is 144 cm³/mol. The van der Waals surface area contributed by atoms with Crippen molar-refractivity contribution in [2.24, 2.45) is 0 Å². The number of carbonyl (C=O) groups is 2. The van der Waals surface area contributed by atoms with E-state index in [1.54, 1.807) is 0 Å². The van der Waals surface area contributed by atoms with Crippen LogP contribution >= 0.6 is 0 Å². The molecule has 0 spiro atoms. The average Bonchev–Trinajstić information content (AvgIpc) is 3.45. The third-order valence-electron chi connectivity index (χ3n) is 5.90. The Morgan fingerprint density at radius 1 is 0.756 bits per heavy atom. The third kappa shape index (κ3) is 8.55. The number of halogens is 8. The Kier molecular flexibility index (Phi) is 10.3. The van der Waals surface area contributed by atoms with Crippen LogP contribution in [0.4, 0.5) is 40.8 Å². The summed E-state index contributed by atoms with van der Waals surface area (Å²) in [6, 6.07) is 10.5. The number of alkyl halides is 4. The van der Waals surface area contributed by atoms with Gasteiger partial charge in [-0.1, -0.05) is 24.3 Å². The van der Waals surface area contributed by atoms with Crippen molar-refractivity contribution in [2.75, 3.05) is 4.90 Å². The minimum absolute atomic E-state index is 0.134. The first-order valence-corrected chi connectivity index (χ1v) is 12.6. The van der Waals surface area contributed by atoms with Crippen LogP contribution in [0.25, 0.3) is 12.2 Å². The highest BCUT2D eigenvalue weighted by Crippen LogP contribution is 2.23. The van der Waals surface area contributed by atoms with Crippen molar-refractivity contribution in [1.29, 1.82) is 0 Å². The lowest BCUT2D eigenvalue weighted by molar-refractivity contribution is -0.121. The zero-order chi connectivity index (χ0) is 32.7. The Labute approximate surface area is 249 Å². The molecular weight excluding hydrogens is 618 g/mol. The van der Waals surface area contributed by atoms with Crippen LogP contribution in [0, 0.1) is 23.3 Å². The number of benzene rings is 3. The number of hydrogen-bond acceptors (Lipinski definition) is 5. The molecule has 4 aromatic rings. The van der Waals surface area contributed by atoms with Crippen LogP contribution in [0.15, 0.2) is 79.1 Å². The Balaban J connectivity index is 1.60. The van der Waals surface area contributed by atoms with Gasteiger partial charge < -0.3 is 9.47 Å². The molecule has 4 rings (SSSR count). The number of rotatable bonds is 11. The second-order valence-corrected chi connectivity index (χ2v) is 8.92. The van der Waals surface area contributed by atoms with E-state index in [9.17, 15) is 44.7 Å². The van der Waals surface area contributed by atoms with E-state index >= 15 is 0 Å². The number of imide groups is 1. The molecule has 15 heteroatoms. The zero-order valence-corrected chi connectivity index (χ0v) is 22.5. The van der Waals surface area contributed by atoms with Gasteiger partial charge in [0.05, 0.1) is 18.4 Å². The molecule has 2 amide bonds. The molecule has 45 heavy (non-hydrogen) atoms. The van der Waals surface area contributed by atoms with E-state index in [1.807, 2.05) is 0 Å². The largest absolute Gasteiger partial charge is 0.435 e. The van der Waals surface area contributed by atoms with Crippen LogP contribution in [-0.4, -0.2) is 34.8 Å². The maximum Gasteiger partial charge on any atom is 0.387 e. The van der Waals surface area contributed by atoms with Crippen molar-refractivity contribution in [3.05, 3.63) is 119 Å². The number of aromatic nitrogens is 2. The number of amides is 2. The Bertz CT molecular complexity index is 1650. The van der Waals surface area contributed by atoms with Gasteiger partial charge in [0, 0.05) is 30.0 Å². The van der Waals surface area contributed by atoms with Crippen LogP contribution < -0.4 is 14.4 Å². The van der Waals surface area contributed by atoms with Crippen LogP contribution in [0.5, 0.6) is 11.5 Å². The first-order chi connectivity index (χ1) is 21.4. The summed E-state index contributed by atoms with van der Waals surface area (Å²) >= 11 is 0. The molecule has 0 unspecified atom stereocenters. The first kappa shape index (κ1) is 32.4. The maximum absolute atomic E-state index is 14.2. The third-order valence-corrected chi connectivity index (χ3v) is 5.90. The number of ether oxygens (including phenoxy) is 2. The molecule has 3 aromatic carbocycles. The molecular formula is C30H19F8N3O4. The summed E-state index contributed by atoms with van der Waals surface area (Å²) in [5, 5.41) is 3.86. The van der Waals surface area contributed by atoms with Gasteiger partial charge in [-0.15, -0.1) is 0 Å². The van der Waals surface area contributed by atoms with Crippen molar-refractivity contribution in [1.82, 2.24) is 9.78 Å². The van der Waals surface area contributed by atoms with E-state index < -0.39 is 60.4 Å². The van der Waals surface area contributed by atoms with Crippen LogP contribution in [0.1, 0.15) is 16.7 Å². The fourth-order valence-electron chi connectivity index (χ4n) is 3.83. The van der Waals surface area contributed by atoms with Crippen LogP contribution in [0.2, 0.25) is 0 Å². The van der Waals surface area contributed by atoms with Crippen molar-refractivity contribution >= 4 is 29.7 Å². The predicted octanol–water partition coefficient (Wildman–Crippen LogP) is 6.98. The lowest BCUT2D eigenvalue weighted by atomic mass is 10.2. The molecule has 1 heterocycles. The normalized spacial score (nSPS) is 11.6. The van der Waals surface area contributed by atoms with Gasteiger partial charge in [-0.2, -0.15) is 22.7 Å².